The van der Waals surface area contributed by atoms with E-state index in [2.05, 4.69) is 10.1 Å². The molecule has 0 spiro atoms. The number of ether oxygens (including phenoxy) is 1. The molecule has 4 aromatic rings. The Balaban J connectivity index is 1.35. The average molecular weight is 459 g/mol. The maximum Gasteiger partial charge on any atom is 0.275 e. The van der Waals surface area contributed by atoms with E-state index in [9.17, 15) is 9.59 Å². The van der Waals surface area contributed by atoms with E-state index in [1.807, 2.05) is 42.5 Å². The van der Waals surface area contributed by atoms with Gasteiger partial charge in [-0.1, -0.05) is 36.4 Å². The summed E-state index contributed by atoms with van der Waals surface area (Å²) in [6.45, 7) is 0.477. The van der Waals surface area contributed by atoms with Crippen molar-refractivity contribution >= 4 is 16.7 Å². The molecule has 2 aromatic carbocycles. The van der Waals surface area contributed by atoms with Crippen LogP contribution < -0.4 is 10.3 Å². The number of benzene rings is 2. The molecule has 1 aliphatic rings. The lowest BCUT2D eigenvalue weighted by Crippen LogP contribution is -2.42. The van der Waals surface area contributed by atoms with Crippen LogP contribution in [0, 0.1) is 0 Å². The third-order valence-electron chi connectivity index (χ3n) is 6.28. The van der Waals surface area contributed by atoms with E-state index in [0.717, 1.165) is 36.0 Å². The summed E-state index contributed by atoms with van der Waals surface area (Å²) < 4.78 is 12.8. The molecule has 1 fully saturated rings. The molecule has 34 heavy (non-hydrogen) atoms. The Bertz CT molecular complexity index is 1380. The van der Waals surface area contributed by atoms with Gasteiger partial charge in [0.05, 0.1) is 24.9 Å². The first-order chi connectivity index (χ1) is 16.6. The van der Waals surface area contributed by atoms with Crippen molar-refractivity contribution in [2.24, 2.45) is 0 Å². The molecule has 8 nitrogen and oxygen atoms in total. The number of carbonyl (C=O) groups is 1. The van der Waals surface area contributed by atoms with Gasteiger partial charge in [0.2, 0.25) is 11.8 Å². The lowest BCUT2D eigenvalue weighted by Gasteiger charge is -2.33. The molecule has 0 N–H and O–H groups in total. The van der Waals surface area contributed by atoms with Crippen LogP contribution in [0.25, 0.3) is 10.8 Å². The fourth-order valence-electron chi connectivity index (χ4n) is 4.54. The number of nitrogens with zero attached hydrogens (tertiary/aromatic N) is 4. The lowest BCUT2D eigenvalue weighted by atomic mass is 10.0. The number of rotatable bonds is 6. The molecule has 0 radical (unpaired) electrons. The largest absolute Gasteiger partial charge is 0.496 e. The molecule has 1 saturated heterocycles. The second-order valence-electron chi connectivity index (χ2n) is 8.45. The first-order valence-electron chi connectivity index (χ1n) is 11.4. The summed E-state index contributed by atoms with van der Waals surface area (Å²) in [6, 6.07) is 14.8. The summed E-state index contributed by atoms with van der Waals surface area (Å²) in [5.41, 5.74) is 0.737. The predicted octanol–water partition coefficient (Wildman–Crippen LogP) is 3.74. The van der Waals surface area contributed by atoms with E-state index in [1.54, 1.807) is 30.5 Å². The predicted molar refractivity (Wildman–Crippen MR) is 127 cm³/mol. The molecular formula is C26H26N4O4. The Morgan fingerprint density at radius 1 is 1.12 bits per heavy atom. The molecule has 1 atom stereocenters. The standard InChI is InChI=1S/C26H26N4O4/c1-33-23-12-5-3-8-18(23)14-20-16-27-25(34-20)22-11-6-7-13-29(22)24(31)17-30-26(32)21-10-4-2-9-19(21)15-28-30/h2-5,8-10,12,15-16,22H,6-7,11,13-14,17H2,1H3. The minimum absolute atomic E-state index is 0.116. The number of likely N-dealkylation sites (tertiary alicyclic amines) is 1. The zero-order valence-corrected chi connectivity index (χ0v) is 19.0. The van der Waals surface area contributed by atoms with Crippen molar-refractivity contribution in [1.29, 1.82) is 0 Å². The number of para-hydroxylation sites is 1. The molecule has 8 heteroatoms. The van der Waals surface area contributed by atoms with Crippen LogP contribution in [0.2, 0.25) is 0 Å². The second-order valence-corrected chi connectivity index (χ2v) is 8.45. The lowest BCUT2D eigenvalue weighted by molar-refractivity contribution is -0.136. The number of fused-ring (bicyclic) bond motifs is 1. The fraction of sp³-hybridized carbons (Fsp3) is 0.308. The Kier molecular flexibility index (Phi) is 6.12. The number of carbonyl (C=O) groups excluding carboxylic acids is 1. The summed E-state index contributed by atoms with van der Waals surface area (Å²) in [5, 5.41) is 5.52. The Labute approximate surface area is 196 Å². The van der Waals surface area contributed by atoms with Crippen LogP contribution in [0.1, 0.15) is 42.5 Å². The Morgan fingerprint density at radius 3 is 2.82 bits per heavy atom. The van der Waals surface area contributed by atoms with Gasteiger partial charge in [-0.25, -0.2) is 9.67 Å². The van der Waals surface area contributed by atoms with E-state index in [1.165, 1.54) is 4.68 Å². The Hall–Kier alpha value is -3.94. The molecule has 3 heterocycles. The van der Waals surface area contributed by atoms with Gasteiger partial charge in [-0.3, -0.25) is 9.59 Å². The number of aromatic nitrogens is 3. The van der Waals surface area contributed by atoms with Crippen molar-refractivity contribution in [2.75, 3.05) is 13.7 Å². The van der Waals surface area contributed by atoms with Crippen LogP contribution in [0.4, 0.5) is 0 Å². The summed E-state index contributed by atoms with van der Waals surface area (Å²) in [7, 11) is 1.64. The van der Waals surface area contributed by atoms with E-state index < -0.39 is 0 Å². The number of piperidine rings is 1. The van der Waals surface area contributed by atoms with E-state index in [4.69, 9.17) is 9.15 Å². The zero-order chi connectivity index (χ0) is 23.5. The molecule has 0 saturated carbocycles. The minimum atomic E-state index is -0.268. The van der Waals surface area contributed by atoms with E-state index >= 15 is 0 Å². The summed E-state index contributed by atoms with van der Waals surface area (Å²) in [5.74, 6) is 1.86. The van der Waals surface area contributed by atoms with Crippen LogP contribution in [0.15, 0.2) is 70.1 Å². The van der Waals surface area contributed by atoms with Gasteiger partial charge in [-0.2, -0.15) is 5.10 Å². The summed E-state index contributed by atoms with van der Waals surface area (Å²) >= 11 is 0. The highest BCUT2D eigenvalue weighted by atomic mass is 16.5. The number of methoxy groups -OCH3 is 1. The third-order valence-corrected chi connectivity index (χ3v) is 6.28. The van der Waals surface area contributed by atoms with Gasteiger partial charge in [0.25, 0.3) is 5.56 Å². The maximum absolute atomic E-state index is 13.3. The SMILES string of the molecule is COc1ccccc1Cc1cnc(C2CCCCN2C(=O)Cn2ncc3ccccc3c2=O)o1. The molecular weight excluding hydrogens is 432 g/mol. The van der Waals surface area contributed by atoms with Crippen LogP contribution >= 0.6 is 0 Å². The van der Waals surface area contributed by atoms with Crippen molar-refractivity contribution in [2.45, 2.75) is 38.3 Å². The van der Waals surface area contributed by atoms with Crippen molar-refractivity contribution in [3.05, 3.63) is 88.5 Å². The summed E-state index contributed by atoms with van der Waals surface area (Å²) in [4.78, 5) is 32.4. The maximum atomic E-state index is 13.3. The van der Waals surface area contributed by atoms with Gasteiger partial charge in [0.1, 0.15) is 24.1 Å². The third kappa shape index (κ3) is 4.31. The summed E-state index contributed by atoms with van der Waals surface area (Å²) in [6.07, 6.45) is 6.53. The van der Waals surface area contributed by atoms with Gasteiger partial charge in [0, 0.05) is 23.9 Å². The smallest absolute Gasteiger partial charge is 0.275 e. The molecule has 0 aliphatic carbocycles. The number of hydrogen-bond donors (Lipinski definition) is 0. The Morgan fingerprint density at radius 2 is 1.94 bits per heavy atom. The number of oxazole rings is 1. The van der Waals surface area contributed by atoms with Crippen molar-refractivity contribution in [1.82, 2.24) is 19.7 Å². The topological polar surface area (TPSA) is 90.5 Å². The second kappa shape index (κ2) is 9.51. The van der Waals surface area contributed by atoms with Crippen LogP contribution in [0.5, 0.6) is 5.75 Å². The van der Waals surface area contributed by atoms with E-state index in [-0.39, 0.29) is 24.1 Å². The van der Waals surface area contributed by atoms with Gasteiger partial charge in [-0.05, 0) is 31.4 Å². The number of amides is 1. The van der Waals surface area contributed by atoms with Crippen molar-refractivity contribution in [3.8, 4) is 5.75 Å². The zero-order valence-electron chi connectivity index (χ0n) is 19.0. The van der Waals surface area contributed by atoms with Crippen LogP contribution in [-0.2, 0) is 17.8 Å². The normalized spacial score (nSPS) is 16.0. The monoisotopic (exact) mass is 458 g/mol. The molecule has 0 bridgehead atoms. The fourth-order valence-corrected chi connectivity index (χ4v) is 4.54. The highest BCUT2D eigenvalue weighted by Crippen LogP contribution is 2.31. The van der Waals surface area contributed by atoms with Gasteiger partial charge < -0.3 is 14.1 Å². The first-order valence-corrected chi connectivity index (χ1v) is 11.4. The first kappa shape index (κ1) is 21.9. The number of hydrogen-bond acceptors (Lipinski definition) is 6. The molecule has 1 aliphatic heterocycles. The molecule has 174 valence electrons. The quantitative estimate of drug-likeness (QED) is 0.437. The highest BCUT2D eigenvalue weighted by Gasteiger charge is 2.32. The van der Waals surface area contributed by atoms with Gasteiger partial charge >= 0.3 is 0 Å². The van der Waals surface area contributed by atoms with Crippen molar-refractivity contribution in [3.63, 3.8) is 0 Å². The molecule has 5 rings (SSSR count). The average Bonchev–Trinajstić information content (AvgIpc) is 3.34. The van der Waals surface area contributed by atoms with Crippen LogP contribution in [-0.4, -0.2) is 39.2 Å². The van der Waals surface area contributed by atoms with Gasteiger partial charge in [-0.15, -0.1) is 0 Å². The highest BCUT2D eigenvalue weighted by molar-refractivity contribution is 5.81. The van der Waals surface area contributed by atoms with E-state index in [0.29, 0.717) is 30.0 Å². The molecule has 1 amide bonds. The molecule has 1 unspecified atom stereocenters. The van der Waals surface area contributed by atoms with Crippen LogP contribution in [0.3, 0.4) is 0 Å². The molecule has 2 aromatic heterocycles. The van der Waals surface area contributed by atoms with Gasteiger partial charge in [0.15, 0.2) is 0 Å². The minimum Gasteiger partial charge on any atom is -0.496 e. The van der Waals surface area contributed by atoms with Crippen molar-refractivity contribution < 1.29 is 13.9 Å².